The number of nitrogens with two attached hydrogens (primary N) is 1. The van der Waals surface area contributed by atoms with E-state index in [4.69, 9.17) is 27.3 Å². The van der Waals surface area contributed by atoms with Crippen molar-refractivity contribution in [3.8, 4) is 0 Å². The van der Waals surface area contributed by atoms with Crippen LogP contribution in [0.1, 0.15) is 0 Å². The predicted molar refractivity (Wildman–Crippen MR) is 51.9 cm³/mol. The van der Waals surface area contributed by atoms with E-state index in [2.05, 4.69) is 20.9 Å². The summed E-state index contributed by atoms with van der Waals surface area (Å²) in [6.07, 6.45) is 0. The summed E-state index contributed by atoms with van der Waals surface area (Å²) < 4.78 is 5.56. The van der Waals surface area contributed by atoms with Crippen molar-refractivity contribution < 1.29 is 9.36 Å². The summed E-state index contributed by atoms with van der Waals surface area (Å²) in [5, 5.41) is 0. The number of H-pyrrole nitrogens is 1. The molecular weight excluding hydrogens is 206 g/mol. The molecule has 0 amide bonds. The Morgan fingerprint density at radius 3 is 2.93 bits per heavy atom. The first kappa shape index (κ1) is 7.59. The molecule has 1 aliphatic rings. The third-order valence-electron chi connectivity index (χ3n) is 1.89. The second-order valence-corrected chi connectivity index (χ2v) is 3.15. The van der Waals surface area contributed by atoms with Crippen molar-refractivity contribution in [1.82, 2.24) is 9.97 Å². The molecule has 72 valence electrons. The first-order chi connectivity index (χ1) is 6.75. The molecule has 0 saturated heterocycles. The Kier molecular flexibility index (Phi) is 1.28. The van der Waals surface area contributed by atoms with Crippen LogP contribution in [0.5, 0.6) is 0 Å². The molecule has 0 unspecified atom stereocenters. The lowest BCUT2D eigenvalue weighted by molar-refractivity contribution is 0.282. The lowest BCUT2D eigenvalue weighted by atomic mass is 10.3. The summed E-state index contributed by atoms with van der Waals surface area (Å²) in [4.78, 5) is 11.6. The van der Waals surface area contributed by atoms with Gasteiger partial charge in [0.25, 0.3) is 6.01 Å². The molecule has 2 aromatic heterocycles. The van der Waals surface area contributed by atoms with Gasteiger partial charge in [0.05, 0.1) is 0 Å². The van der Waals surface area contributed by atoms with Gasteiger partial charge in [-0.05, 0) is 0 Å². The Balaban J connectivity index is 2.51. The van der Waals surface area contributed by atoms with E-state index in [9.17, 15) is 0 Å². The number of nitrogens with zero attached hydrogens (tertiary/aromatic N) is 1. The number of nitrogens with one attached hydrogen (secondary N) is 3. The molecule has 14 heavy (non-hydrogen) atoms. The molecule has 0 radical (unpaired) electrons. The summed E-state index contributed by atoms with van der Waals surface area (Å²) in [5.41, 5.74) is 12.9. The zero-order valence-electron chi connectivity index (χ0n) is 6.75. The number of aromatic amines is 1. The van der Waals surface area contributed by atoms with Crippen molar-refractivity contribution >= 4 is 40.8 Å². The molecule has 3 rings (SSSR count). The Morgan fingerprint density at radius 2 is 2.07 bits per heavy atom. The van der Waals surface area contributed by atoms with Gasteiger partial charge in [0.2, 0.25) is 5.71 Å². The topological polar surface area (TPSA) is 101 Å². The van der Waals surface area contributed by atoms with E-state index in [1.54, 1.807) is 0 Å². The third-order valence-corrected chi connectivity index (χ3v) is 2.20. The van der Waals surface area contributed by atoms with Crippen LogP contribution in [-0.4, -0.2) is 9.97 Å². The number of hydrogen-bond acceptors (Lipinski definition) is 7. The van der Waals surface area contributed by atoms with E-state index in [0.29, 0.717) is 27.2 Å². The Hall–Kier alpha value is -1.80. The Labute approximate surface area is 82.2 Å². The normalized spacial score (nSPS) is 13.7. The monoisotopic (exact) mass is 211 g/mol. The zero-order valence-corrected chi connectivity index (χ0v) is 7.57. The van der Waals surface area contributed by atoms with Crippen molar-refractivity contribution in [3.63, 3.8) is 0 Å². The largest absolute Gasteiger partial charge is 0.406 e. The van der Waals surface area contributed by atoms with Crippen LogP contribution in [-0.2, 0) is 4.94 Å². The van der Waals surface area contributed by atoms with Crippen LogP contribution in [0.25, 0.3) is 11.2 Å². The van der Waals surface area contributed by atoms with E-state index >= 15 is 0 Å². The second kappa shape index (κ2) is 2.36. The van der Waals surface area contributed by atoms with Gasteiger partial charge in [0.15, 0.2) is 5.52 Å². The van der Waals surface area contributed by atoms with Crippen LogP contribution in [0.2, 0.25) is 0 Å². The highest BCUT2D eigenvalue weighted by atomic mass is 32.1. The number of hydrogen-bond donors (Lipinski definition) is 4. The molecule has 0 atom stereocenters. The van der Waals surface area contributed by atoms with Crippen molar-refractivity contribution in [3.05, 3.63) is 4.64 Å². The van der Waals surface area contributed by atoms with Crippen molar-refractivity contribution in [1.29, 1.82) is 0 Å². The first-order valence-corrected chi connectivity index (χ1v) is 4.16. The summed E-state index contributed by atoms with van der Waals surface area (Å²) in [6.45, 7) is 0. The third kappa shape index (κ3) is 0.833. The lowest BCUT2D eigenvalue weighted by Crippen LogP contribution is -1.94. The first-order valence-electron chi connectivity index (χ1n) is 3.76. The fourth-order valence-corrected chi connectivity index (χ4v) is 1.55. The molecular formula is C6H5N5O2S. The van der Waals surface area contributed by atoms with Crippen LogP contribution in [0.3, 0.4) is 0 Å². The van der Waals surface area contributed by atoms with Crippen LogP contribution in [0, 0.1) is 4.64 Å². The van der Waals surface area contributed by atoms with E-state index < -0.39 is 0 Å². The van der Waals surface area contributed by atoms with Gasteiger partial charge in [-0.3, -0.25) is 0 Å². The van der Waals surface area contributed by atoms with Gasteiger partial charge >= 0.3 is 0 Å². The maximum atomic E-state index is 5.41. The fourth-order valence-electron chi connectivity index (χ4n) is 1.31. The number of nitrogen functional groups attached to an aromatic ring is 1. The standard InChI is InChI=1S/C6H5N5O2S/c7-6-8-2-1-3(11-13-10-1)5(14)9-4(2)12-6/h10-11H,(H2,7,8)(H,9,14). The molecule has 5 N–H and O–H groups in total. The Morgan fingerprint density at radius 1 is 1.29 bits per heavy atom. The van der Waals surface area contributed by atoms with Gasteiger partial charge in [-0.25, -0.2) is 11.0 Å². The highest BCUT2D eigenvalue weighted by molar-refractivity contribution is 7.71. The summed E-state index contributed by atoms with van der Waals surface area (Å²) in [7, 11) is 0. The SMILES string of the molecule is Nc1nc2c3c(c(=S)[nH]c2o1)NON3. The van der Waals surface area contributed by atoms with Gasteiger partial charge in [-0.2, -0.15) is 9.92 Å². The minimum absolute atomic E-state index is 0.0766. The van der Waals surface area contributed by atoms with Crippen molar-refractivity contribution in [2.45, 2.75) is 0 Å². The van der Waals surface area contributed by atoms with Crippen LogP contribution >= 0.6 is 12.2 Å². The highest BCUT2D eigenvalue weighted by Gasteiger charge is 2.20. The van der Waals surface area contributed by atoms with E-state index in [1.165, 1.54) is 0 Å². The molecule has 1 aliphatic heterocycles. The molecule has 0 saturated carbocycles. The second-order valence-electron chi connectivity index (χ2n) is 2.74. The predicted octanol–water partition coefficient (Wildman–Crippen LogP) is 1.15. The maximum absolute atomic E-state index is 5.41. The van der Waals surface area contributed by atoms with Gasteiger partial charge in [-0.15, -0.1) is 0 Å². The molecule has 0 bridgehead atoms. The lowest BCUT2D eigenvalue weighted by Gasteiger charge is -1.94. The van der Waals surface area contributed by atoms with Crippen LogP contribution < -0.4 is 16.7 Å². The zero-order chi connectivity index (χ0) is 9.71. The Bertz CT molecular complexity index is 573. The van der Waals surface area contributed by atoms with E-state index in [1.807, 2.05) is 0 Å². The number of pyridine rings is 1. The quantitative estimate of drug-likeness (QED) is 0.485. The number of oxazole rings is 1. The highest BCUT2D eigenvalue weighted by Crippen LogP contribution is 2.34. The summed E-state index contributed by atoms with van der Waals surface area (Å²) in [6, 6.07) is 0.0766. The summed E-state index contributed by atoms with van der Waals surface area (Å²) in [5.74, 6) is 0. The average molecular weight is 211 g/mol. The van der Waals surface area contributed by atoms with Gasteiger partial charge in [0, 0.05) is 0 Å². The summed E-state index contributed by atoms with van der Waals surface area (Å²) >= 11 is 5.05. The van der Waals surface area contributed by atoms with Crippen molar-refractivity contribution in [2.75, 3.05) is 16.7 Å². The van der Waals surface area contributed by atoms with Crippen molar-refractivity contribution in [2.24, 2.45) is 0 Å². The number of aromatic nitrogens is 2. The van der Waals surface area contributed by atoms with Gasteiger partial charge in [0.1, 0.15) is 16.0 Å². The van der Waals surface area contributed by atoms with Crippen LogP contribution in [0.4, 0.5) is 17.4 Å². The molecule has 8 heteroatoms. The molecule has 0 spiro atoms. The van der Waals surface area contributed by atoms with Crippen LogP contribution in [0.15, 0.2) is 4.42 Å². The van der Waals surface area contributed by atoms with E-state index in [-0.39, 0.29) is 6.01 Å². The fraction of sp³-hybridized carbons (Fsp3) is 0. The molecule has 0 aliphatic carbocycles. The molecule has 2 aromatic rings. The number of fused-ring (bicyclic) bond motifs is 3. The maximum Gasteiger partial charge on any atom is 0.294 e. The minimum Gasteiger partial charge on any atom is -0.406 e. The molecule has 0 aromatic carbocycles. The average Bonchev–Trinajstić information content (AvgIpc) is 2.69. The molecule has 0 fully saturated rings. The molecule has 3 heterocycles. The number of anilines is 3. The molecule has 7 nitrogen and oxygen atoms in total. The number of rotatable bonds is 0. The van der Waals surface area contributed by atoms with Gasteiger partial charge in [-0.1, -0.05) is 12.2 Å². The minimum atomic E-state index is 0.0766. The smallest absolute Gasteiger partial charge is 0.294 e. The van der Waals surface area contributed by atoms with E-state index in [0.717, 1.165) is 0 Å². The van der Waals surface area contributed by atoms with Gasteiger partial charge < -0.3 is 15.1 Å².